The third kappa shape index (κ3) is 2.95. The molecule has 140 valence electrons. The normalized spacial score (nSPS) is 11.6. The minimum absolute atomic E-state index is 0.545. The van der Waals surface area contributed by atoms with E-state index >= 15 is 0 Å². The van der Waals surface area contributed by atoms with Crippen LogP contribution in [0, 0.1) is 0 Å². The lowest BCUT2D eigenvalue weighted by molar-refractivity contribution is 0.545. The molecule has 5 aromatic rings. The topological polar surface area (TPSA) is 74.0 Å². The van der Waals surface area contributed by atoms with Crippen molar-refractivity contribution in [3.63, 3.8) is 0 Å². The van der Waals surface area contributed by atoms with E-state index in [4.69, 9.17) is 9.52 Å². The van der Waals surface area contributed by atoms with Gasteiger partial charge in [0.2, 0.25) is 5.82 Å². The maximum absolute atomic E-state index is 5.43. The van der Waals surface area contributed by atoms with E-state index in [1.165, 1.54) is 5.56 Å². The first-order valence-corrected chi connectivity index (χ1v) is 10.3. The van der Waals surface area contributed by atoms with E-state index in [0.717, 1.165) is 35.4 Å². The summed E-state index contributed by atoms with van der Waals surface area (Å²) in [7, 11) is 0. The zero-order valence-corrected chi connectivity index (χ0v) is 16.1. The molecule has 0 fully saturated rings. The largest absolute Gasteiger partial charge is 0.461 e. The summed E-state index contributed by atoms with van der Waals surface area (Å²) in [5, 5.41) is 11.2. The second-order valence-corrected chi connectivity index (χ2v) is 7.24. The fraction of sp³-hybridized carbons (Fsp3) is 0.200. The molecule has 0 amide bonds. The molecule has 0 spiro atoms. The predicted octanol–water partition coefficient (Wildman–Crippen LogP) is 4.09. The molecule has 7 nitrogen and oxygen atoms in total. The third-order valence-electron chi connectivity index (χ3n) is 4.64. The number of hydrogen-bond donors (Lipinski definition) is 0. The molecule has 8 heteroatoms. The van der Waals surface area contributed by atoms with Gasteiger partial charge in [-0.25, -0.2) is 14.5 Å². The average Bonchev–Trinajstić information content (AvgIpc) is 3.45. The first-order chi connectivity index (χ1) is 13.8. The first kappa shape index (κ1) is 17.0. The van der Waals surface area contributed by atoms with Crippen molar-refractivity contribution in [3.05, 3.63) is 60.6 Å². The minimum Gasteiger partial charge on any atom is -0.461 e. The molecule has 0 saturated heterocycles. The molecule has 0 saturated carbocycles. The summed E-state index contributed by atoms with van der Waals surface area (Å²) in [5.41, 5.74) is 2.77. The smallest absolute Gasteiger partial charge is 0.217 e. The van der Waals surface area contributed by atoms with Crippen LogP contribution in [0.15, 0.2) is 64.5 Å². The molecule has 4 heterocycles. The Morgan fingerprint density at radius 3 is 2.75 bits per heavy atom. The van der Waals surface area contributed by atoms with Crippen molar-refractivity contribution in [2.24, 2.45) is 0 Å². The van der Waals surface area contributed by atoms with E-state index in [0.29, 0.717) is 17.2 Å². The van der Waals surface area contributed by atoms with Crippen LogP contribution < -0.4 is 0 Å². The Hall–Kier alpha value is -3.13. The molecule has 0 aliphatic carbocycles. The Balaban J connectivity index is 1.51. The van der Waals surface area contributed by atoms with E-state index in [1.54, 1.807) is 28.9 Å². The fourth-order valence-corrected chi connectivity index (χ4v) is 4.08. The Morgan fingerprint density at radius 2 is 1.96 bits per heavy atom. The summed E-state index contributed by atoms with van der Waals surface area (Å²) >= 11 is 1.66. The van der Waals surface area contributed by atoms with Gasteiger partial charge >= 0.3 is 0 Å². The number of benzene rings is 1. The Labute approximate surface area is 165 Å². The van der Waals surface area contributed by atoms with Gasteiger partial charge in [0.1, 0.15) is 11.4 Å². The van der Waals surface area contributed by atoms with E-state index in [9.17, 15) is 0 Å². The SMILES string of the molecule is CSc1c2c(ncn3nc(-c4ccco4)nc23)nn1CCCc1ccccc1. The highest BCUT2D eigenvalue weighted by atomic mass is 32.2. The highest BCUT2D eigenvalue weighted by molar-refractivity contribution is 7.98. The molecule has 1 aromatic carbocycles. The van der Waals surface area contributed by atoms with Gasteiger partial charge in [-0.1, -0.05) is 30.3 Å². The van der Waals surface area contributed by atoms with Crippen LogP contribution in [0.25, 0.3) is 28.3 Å². The molecule has 0 N–H and O–H groups in total. The monoisotopic (exact) mass is 390 g/mol. The van der Waals surface area contributed by atoms with Gasteiger partial charge < -0.3 is 4.42 Å². The summed E-state index contributed by atoms with van der Waals surface area (Å²) in [5.74, 6) is 1.18. The first-order valence-electron chi connectivity index (χ1n) is 9.07. The van der Waals surface area contributed by atoms with Gasteiger partial charge in [-0.05, 0) is 36.8 Å². The number of thioether (sulfide) groups is 1. The number of aromatic nitrogens is 6. The molecule has 0 unspecified atom stereocenters. The summed E-state index contributed by atoms with van der Waals surface area (Å²) in [6.45, 7) is 0.826. The fourth-order valence-electron chi connectivity index (χ4n) is 3.35. The van der Waals surface area contributed by atoms with Crippen molar-refractivity contribution >= 4 is 28.4 Å². The van der Waals surface area contributed by atoms with Gasteiger partial charge in [-0.3, -0.25) is 4.68 Å². The number of aryl methyl sites for hydroxylation is 2. The van der Waals surface area contributed by atoms with E-state index < -0.39 is 0 Å². The van der Waals surface area contributed by atoms with Gasteiger partial charge in [0.25, 0.3) is 0 Å². The summed E-state index contributed by atoms with van der Waals surface area (Å²) in [4.78, 5) is 9.17. The second kappa shape index (κ2) is 7.12. The van der Waals surface area contributed by atoms with Crippen LogP contribution in [0.1, 0.15) is 12.0 Å². The van der Waals surface area contributed by atoms with Crippen LogP contribution in [0.5, 0.6) is 0 Å². The highest BCUT2D eigenvalue weighted by Crippen LogP contribution is 2.29. The highest BCUT2D eigenvalue weighted by Gasteiger charge is 2.19. The molecule has 4 aromatic heterocycles. The second-order valence-electron chi connectivity index (χ2n) is 6.45. The van der Waals surface area contributed by atoms with Gasteiger partial charge in [0, 0.05) is 6.54 Å². The quantitative estimate of drug-likeness (QED) is 0.407. The van der Waals surface area contributed by atoms with E-state index in [-0.39, 0.29) is 0 Å². The van der Waals surface area contributed by atoms with Crippen molar-refractivity contribution in [2.45, 2.75) is 24.4 Å². The van der Waals surface area contributed by atoms with Crippen LogP contribution in [0.3, 0.4) is 0 Å². The lowest BCUT2D eigenvalue weighted by Crippen LogP contribution is -2.03. The predicted molar refractivity (Wildman–Crippen MR) is 108 cm³/mol. The lowest BCUT2D eigenvalue weighted by Gasteiger charge is -2.05. The molecular weight excluding hydrogens is 372 g/mol. The molecule has 0 aliphatic rings. The number of fused-ring (bicyclic) bond motifs is 3. The van der Waals surface area contributed by atoms with Crippen LogP contribution >= 0.6 is 11.8 Å². The van der Waals surface area contributed by atoms with Crippen LogP contribution in [0.2, 0.25) is 0 Å². The van der Waals surface area contributed by atoms with Crippen molar-refractivity contribution in [3.8, 4) is 11.6 Å². The van der Waals surface area contributed by atoms with Crippen LogP contribution in [0.4, 0.5) is 0 Å². The summed E-state index contributed by atoms with van der Waals surface area (Å²) in [6, 6.07) is 14.2. The molecule has 0 aliphatic heterocycles. The maximum atomic E-state index is 5.43. The van der Waals surface area contributed by atoms with Crippen molar-refractivity contribution in [1.29, 1.82) is 0 Å². The van der Waals surface area contributed by atoms with Crippen molar-refractivity contribution in [2.75, 3.05) is 6.26 Å². The standard InChI is InChI=1S/C20H18N6OS/c1-28-20-16-18(24-25(20)11-5-9-14-7-3-2-4-8-14)21-13-26-19(16)22-17(23-26)15-10-6-12-27-15/h2-4,6-8,10,12-13H,5,9,11H2,1H3. The third-order valence-corrected chi connectivity index (χ3v) is 5.45. The number of furan rings is 1. The van der Waals surface area contributed by atoms with Crippen LogP contribution in [-0.4, -0.2) is 35.6 Å². The number of rotatable bonds is 6. The average molecular weight is 390 g/mol. The minimum atomic E-state index is 0.545. The van der Waals surface area contributed by atoms with Gasteiger partial charge in [0.05, 0.1) is 11.6 Å². The number of nitrogens with zero attached hydrogens (tertiary/aromatic N) is 6. The van der Waals surface area contributed by atoms with Crippen molar-refractivity contribution in [1.82, 2.24) is 29.4 Å². The lowest BCUT2D eigenvalue weighted by atomic mass is 10.1. The van der Waals surface area contributed by atoms with E-state index in [1.807, 2.05) is 22.9 Å². The Kier molecular flexibility index (Phi) is 4.32. The summed E-state index contributed by atoms with van der Waals surface area (Å²) < 4.78 is 9.16. The van der Waals surface area contributed by atoms with Gasteiger partial charge in [-0.15, -0.1) is 16.9 Å². The zero-order valence-electron chi connectivity index (χ0n) is 15.3. The summed E-state index contributed by atoms with van der Waals surface area (Å²) in [6.07, 6.45) is 7.35. The number of hydrogen-bond acceptors (Lipinski definition) is 6. The Bertz CT molecular complexity index is 1230. The Morgan fingerprint density at radius 1 is 1.07 bits per heavy atom. The molecule has 0 radical (unpaired) electrons. The zero-order chi connectivity index (χ0) is 18.9. The maximum Gasteiger partial charge on any atom is 0.217 e. The van der Waals surface area contributed by atoms with Crippen LogP contribution in [-0.2, 0) is 13.0 Å². The molecular formula is C20H18N6OS. The van der Waals surface area contributed by atoms with Crippen molar-refractivity contribution < 1.29 is 4.42 Å². The van der Waals surface area contributed by atoms with Gasteiger partial charge in [0.15, 0.2) is 17.1 Å². The van der Waals surface area contributed by atoms with Gasteiger partial charge in [-0.2, -0.15) is 5.10 Å². The molecule has 5 rings (SSSR count). The molecule has 0 atom stereocenters. The molecule has 0 bridgehead atoms. The molecule has 28 heavy (non-hydrogen) atoms. The van der Waals surface area contributed by atoms with E-state index in [2.05, 4.69) is 45.6 Å².